The molecule has 1 aliphatic heterocycles. The molecule has 1 aliphatic rings. The summed E-state index contributed by atoms with van der Waals surface area (Å²) in [5, 5.41) is 0. The fourth-order valence-electron chi connectivity index (χ4n) is 3.43. The van der Waals surface area contributed by atoms with Crippen LogP contribution < -0.4 is 9.64 Å². The van der Waals surface area contributed by atoms with Crippen LogP contribution in [0.3, 0.4) is 0 Å². The molecule has 1 amide bonds. The second-order valence-electron chi connectivity index (χ2n) is 8.12. The van der Waals surface area contributed by atoms with Gasteiger partial charge in [-0.3, -0.25) is 0 Å². The van der Waals surface area contributed by atoms with Crippen LogP contribution in [0.1, 0.15) is 32.2 Å². The number of carbonyl (C=O) groups excluding carboxylic acids is 1. The van der Waals surface area contributed by atoms with Crippen molar-refractivity contribution in [3.8, 4) is 11.6 Å². The summed E-state index contributed by atoms with van der Waals surface area (Å²) in [5.41, 5.74) is 2.72. The molecular formula is C21H30N4O3. The fraction of sp³-hybridized carbons (Fsp3) is 0.524. The summed E-state index contributed by atoms with van der Waals surface area (Å²) < 4.78 is 13.2. The monoisotopic (exact) mass is 386 g/mol. The smallest absolute Gasteiger partial charge is 0.410 e. The molecule has 0 unspecified atom stereocenters. The molecule has 152 valence electrons. The van der Waals surface area contributed by atoms with Gasteiger partial charge < -0.3 is 23.8 Å². The quantitative estimate of drug-likeness (QED) is 0.807. The Balaban J connectivity index is 1.74. The molecule has 3 rings (SSSR count). The van der Waals surface area contributed by atoms with Crippen LogP contribution in [0.5, 0.6) is 5.75 Å². The van der Waals surface area contributed by atoms with E-state index in [4.69, 9.17) is 9.47 Å². The van der Waals surface area contributed by atoms with Crippen molar-refractivity contribution in [2.24, 2.45) is 0 Å². The minimum atomic E-state index is -0.480. The second-order valence-corrected chi connectivity index (χ2v) is 8.12. The maximum absolute atomic E-state index is 12.3. The highest BCUT2D eigenvalue weighted by Gasteiger charge is 2.27. The predicted molar refractivity (Wildman–Crippen MR) is 110 cm³/mol. The van der Waals surface area contributed by atoms with Gasteiger partial charge in [0.05, 0.1) is 19.0 Å². The molecule has 0 N–H and O–H groups in total. The fourth-order valence-corrected chi connectivity index (χ4v) is 3.43. The van der Waals surface area contributed by atoms with E-state index in [0.717, 1.165) is 28.6 Å². The van der Waals surface area contributed by atoms with Crippen LogP contribution in [0, 0.1) is 13.8 Å². The van der Waals surface area contributed by atoms with Crippen molar-refractivity contribution in [1.29, 1.82) is 0 Å². The Bertz CT molecular complexity index is 826. The zero-order chi connectivity index (χ0) is 20.5. The molecule has 1 saturated heterocycles. The Hall–Kier alpha value is -2.70. The lowest BCUT2D eigenvalue weighted by Gasteiger charge is -2.37. The lowest BCUT2D eigenvalue weighted by molar-refractivity contribution is 0.0240. The Kier molecular flexibility index (Phi) is 5.54. The van der Waals surface area contributed by atoms with Gasteiger partial charge in [-0.2, -0.15) is 0 Å². The predicted octanol–water partition coefficient (Wildman–Crippen LogP) is 3.55. The van der Waals surface area contributed by atoms with Crippen molar-refractivity contribution in [3.63, 3.8) is 0 Å². The number of hydrogen-bond acceptors (Lipinski definition) is 5. The molecule has 0 bridgehead atoms. The summed E-state index contributed by atoms with van der Waals surface area (Å²) in [6.45, 7) is 12.4. The normalized spacial score (nSPS) is 14.9. The Labute approximate surface area is 166 Å². The number of piperazine rings is 1. The minimum Gasteiger partial charge on any atom is -0.494 e. The summed E-state index contributed by atoms with van der Waals surface area (Å²) in [6.07, 6.45) is 1.60. The molecule has 0 atom stereocenters. The van der Waals surface area contributed by atoms with E-state index in [2.05, 4.69) is 40.4 Å². The highest BCUT2D eigenvalue weighted by molar-refractivity contribution is 5.69. The molecule has 0 saturated carbocycles. The highest BCUT2D eigenvalue weighted by atomic mass is 16.6. The van der Waals surface area contributed by atoms with Crippen LogP contribution in [0.4, 0.5) is 10.5 Å². The highest BCUT2D eigenvalue weighted by Crippen LogP contribution is 2.31. The topological polar surface area (TPSA) is 59.8 Å². The van der Waals surface area contributed by atoms with Crippen LogP contribution in [0.2, 0.25) is 0 Å². The van der Waals surface area contributed by atoms with Gasteiger partial charge >= 0.3 is 6.09 Å². The summed E-state index contributed by atoms with van der Waals surface area (Å²) in [5.74, 6) is 1.62. The van der Waals surface area contributed by atoms with Crippen molar-refractivity contribution in [2.75, 3.05) is 38.2 Å². The average molecular weight is 386 g/mol. The van der Waals surface area contributed by atoms with Crippen LogP contribution >= 0.6 is 0 Å². The second kappa shape index (κ2) is 7.73. The molecule has 0 aromatic carbocycles. The lowest BCUT2D eigenvalue weighted by atomic mass is 10.2. The van der Waals surface area contributed by atoms with Crippen molar-refractivity contribution in [2.45, 2.75) is 40.2 Å². The molecule has 2 aromatic rings. The molecular weight excluding hydrogens is 356 g/mol. The van der Waals surface area contributed by atoms with Crippen LogP contribution in [0.25, 0.3) is 5.82 Å². The number of nitrogens with zero attached hydrogens (tertiary/aromatic N) is 4. The maximum atomic E-state index is 12.3. The Morgan fingerprint density at radius 1 is 1.07 bits per heavy atom. The third-order valence-corrected chi connectivity index (χ3v) is 4.82. The number of anilines is 1. The van der Waals surface area contributed by atoms with E-state index in [1.807, 2.05) is 33.0 Å². The van der Waals surface area contributed by atoms with Gasteiger partial charge in [-0.15, -0.1) is 0 Å². The van der Waals surface area contributed by atoms with E-state index < -0.39 is 5.60 Å². The molecule has 2 aromatic heterocycles. The van der Waals surface area contributed by atoms with Gasteiger partial charge in [0.2, 0.25) is 0 Å². The maximum Gasteiger partial charge on any atom is 0.410 e. The number of hydrogen-bond donors (Lipinski definition) is 0. The van der Waals surface area contributed by atoms with E-state index in [0.29, 0.717) is 26.2 Å². The molecule has 0 aliphatic carbocycles. The summed E-state index contributed by atoms with van der Waals surface area (Å²) in [7, 11) is 1.68. The van der Waals surface area contributed by atoms with Crippen molar-refractivity contribution in [3.05, 3.63) is 35.8 Å². The van der Waals surface area contributed by atoms with E-state index in [1.54, 1.807) is 12.0 Å². The Morgan fingerprint density at radius 3 is 2.21 bits per heavy atom. The summed E-state index contributed by atoms with van der Waals surface area (Å²) >= 11 is 0. The number of amides is 1. The van der Waals surface area contributed by atoms with Gasteiger partial charge in [0.1, 0.15) is 17.2 Å². The number of rotatable bonds is 3. The van der Waals surface area contributed by atoms with Gasteiger partial charge in [0.25, 0.3) is 0 Å². The van der Waals surface area contributed by atoms with Gasteiger partial charge in [-0.25, -0.2) is 9.78 Å². The van der Waals surface area contributed by atoms with Crippen molar-refractivity contribution >= 4 is 11.8 Å². The van der Waals surface area contributed by atoms with Crippen molar-refractivity contribution in [1.82, 2.24) is 14.5 Å². The van der Waals surface area contributed by atoms with Gasteiger partial charge in [-0.1, -0.05) is 0 Å². The number of aromatic nitrogens is 2. The van der Waals surface area contributed by atoms with Gasteiger partial charge in [0.15, 0.2) is 0 Å². The molecule has 7 nitrogen and oxygen atoms in total. The molecule has 3 heterocycles. The average Bonchev–Trinajstić information content (AvgIpc) is 2.98. The molecule has 0 spiro atoms. The first-order valence-corrected chi connectivity index (χ1v) is 9.62. The first kappa shape index (κ1) is 20.0. The van der Waals surface area contributed by atoms with E-state index in [9.17, 15) is 4.79 Å². The first-order chi connectivity index (χ1) is 13.2. The third-order valence-electron chi connectivity index (χ3n) is 4.82. The van der Waals surface area contributed by atoms with E-state index in [-0.39, 0.29) is 6.09 Å². The zero-order valence-electron chi connectivity index (χ0n) is 17.7. The van der Waals surface area contributed by atoms with Gasteiger partial charge in [0, 0.05) is 43.6 Å². The summed E-state index contributed by atoms with van der Waals surface area (Å²) in [6, 6.07) is 6.12. The SMILES string of the molecule is COc1cc(-n2c(C)ccc2C)ncc1N1CCN(C(=O)OC(C)(C)C)CC1. The lowest BCUT2D eigenvalue weighted by Crippen LogP contribution is -2.50. The first-order valence-electron chi connectivity index (χ1n) is 9.62. The third kappa shape index (κ3) is 4.24. The van der Waals surface area contributed by atoms with Crippen molar-refractivity contribution < 1.29 is 14.3 Å². The molecule has 0 radical (unpaired) electrons. The standard InChI is InChI=1S/C21H30N4O3/c1-15-7-8-16(2)25(15)19-13-18(27-6)17(14-22-19)23-9-11-24(12-10-23)20(26)28-21(3,4)5/h7-8,13-14H,9-12H2,1-6H3. The molecule has 1 fully saturated rings. The molecule has 7 heteroatoms. The van der Waals surface area contributed by atoms with Gasteiger partial charge in [-0.05, 0) is 46.8 Å². The van der Waals surface area contributed by atoms with Crippen LogP contribution in [0.15, 0.2) is 24.4 Å². The number of ether oxygens (including phenoxy) is 2. The largest absolute Gasteiger partial charge is 0.494 e. The molecule has 28 heavy (non-hydrogen) atoms. The number of aryl methyl sites for hydroxylation is 2. The van der Waals surface area contributed by atoms with Crippen LogP contribution in [-0.2, 0) is 4.74 Å². The van der Waals surface area contributed by atoms with Crippen LogP contribution in [-0.4, -0.2) is 59.4 Å². The zero-order valence-corrected chi connectivity index (χ0v) is 17.7. The minimum absolute atomic E-state index is 0.258. The number of carbonyl (C=O) groups is 1. The van der Waals surface area contributed by atoms with E-state index >= 15 is 0 Å². The van der Waals surface area contributed by atoms with E-state index in [1.165, 1.54) is 0 Å². The number of methoxy groups -OCH3 is 1. The Morgan fingerprint density at radius 2 is 1.68 bits per heavy atom. The number of pyridine rings is 1. The summed E-state index contributed by atoms with van der Waals surface area (Å²) in [4.78, 5) is 20.9.